The van der Waals surface area contributed by atoms with Crippen molar-refractivity contribution in [2.45, 2.75) is 98.3 Å². The van der Waals surface area contributed by atoms with Gasteiger partial charge in [-0.3, -0.25) is 14.5 Å². The van der Waals surface area contributed by atoms with Crippen LogP contribution in [-0.2, 0) is 33.3 Å². The van der Waals surface area contributed by atoms with E-state index in [1.807, 2.05) is 26.8 Å². The highest BCUT2D eigenvalue weighted by Crippen LogP contribution is 2.33. The van der Waals surface area contributed by atoms with E-state index in [2.05, 4.69) is 30.8 Å². The van der Waals surface area contributed by atoms with Gasteiger partial charge in [0.05, 0.1) is 30.3 Å². The van der Waals surface area contributed by atoms with Gasteiger partial charge in [0.25, 0.3) is 0 Å². The fourth-order valence-corrected chi connectivity index (χ4v) is 5.98. The molecule has 0 aromatic rings. The lowest BCUT2D eigenvalue weighted by molar-refractivity contribution is -0.130. The van der Waals surface area contributed by atoms with Gasteiger partial charge in [0.15, 0.2) is 6.79 Å². The second-order valence-corrected chi connectivity index (χ2v) is 14.3. The monoisotopic (exact) mass is 666 g/mol. The van der Waals surface area contributed by atoms with Gasteiger partial charge in [0, 0.05) is 45.7 Å². The Balaban J connectivity index is 2.12. The lowest BCUT2D eigenvalue weighted by Gasteiger charge is -2.31. The molecule has 2 aliphatic heterocycles. The number of nitrogens with zero attached hydrogens (tertiary/aromatic N) is 2. The van der Waals surface area contributed by atoms with Crippen LogP contribution in [0, 0.1) is 23.2 Å². The number of piperidine rings is 1. The summed E-state index contributed by atoms with van der Waals surface area (Å²) in [6, 6.07) is -0.307. The fraction of sp³-hybridized carbons (Fsp3) is 0.800. The normalized spacial score (nSPS) is 21.0. The molecule has 0 aromatic carbocycles. The molecule has 0 saturated carbocycles. The van der Waals surface area contributed by atoms with E-state index < -0.39 is 23.3 Å². The summed E-state index contributed by atoms with van der Waals surface area (Å²) in [5.41, 5.74) is 5.76. The van der Waals surface area contributed by atoms with Crippen LogP contribution in [0.5, 0.6) is 0 Å². The molecule has 4 atom stereocenters. The molecule has 12 heteroatoms. The van der Waals surface area contributed by atoms with Gasteiger partial charge in [-0.1, -0.05) is 32.9 Å². The topological polar surface area (TPSA) is 142 Å². The summed E-state index contributed by atoms with van der Waals surface area (Å²) in [5, 5.41) is 2.92. The number of likely N-dealkylation sites (tertiary alicyclic amines) is 1. The zero-order valence-corrected chi connectivity index (χ0v) is 30.2. The van der Waals surface area contributed by atoms with Crippen molar-refractivity contribution in [1.82, 2.24) is 15.1 Å². The number of carbonyl (C=O) groups excluding carboxylic acids is 3. The molecule has 12 nitrogen and oxygen atoms in total. The molecule has 270 valence electrons. The summed E-state index contributed by atoms with van der Waals surface area (Å²) in [4.78, 5) is 42.5. The molecular weight excluding hydrogens is 604 g/mol. The van der Waals surface area contributed by atoms with Crippen molar-refractivity contribution in [3.05, 3.63) is 24.0 Å². The average Bonchev–Trinajstić information content (AvgIpc) is 3.39. The fourth-order valence-electron chi connectivity index (χ4n) is 5.98. The highest BCUT2D eigenvalue weighted by atomic mass is 16.7. The van der Waals surface area contributed by atoms with Crippen molar-refractivity contribution in [1.29, 1.82) is 0 Å². The number of primary amides is 1. The van der Waals surface area contributed by atoms with E-state index in [0.29, 0.717) is 31.8 Å². The highest BCUT2D eigenvalue weighted by molar-refractivity contribution is 5.83. The third-order valence-electron chi connectivity index (χ3n) is 9.14. The maximum Gasteiger partial charge on any atom is 0.414 e. The summed E-state index contributed by atoms with van der Waals surface area (Å²) in [6.45, 7) is 18.7. The Kier molecular flexibility index (Phi) is 17.2. The Morgan fingerprint density at radius 1 is 1.11 bits per heavy atom. The molecule has 2 aliphatic rings. The Morgan fingerprint density at radius 2 is 1.79 bits per heavy atom. The van der Waals surface area contributed by atoms with Crippen LogP contribution in [0.25, 0.3) is 0 Å². The maximum atomic E-state index is 13.4. The number of hydrogen-bond acceptors (Lipinski definition) is 9. The number of amides is 3. The lowest BCUT2D eigenvalue weighted by atomic mass is 9.84. The van der Waals surface area contributed by atoms with Crippen molar-refractivity contribution >= 4 is 17.9 Å². The number of rotatable bonds is 20. The minimum absolute atomic E-state index is 0.00242. The number of ether oxygens (including phenoxy) is 5. The van der Waals surface area contributed by atoms with Gasteiger partial charge in [0.2, 0.25) is 11.8 Å². The quantitative estimate of drug-likeness (QED) is 0.0835. The zero-order chi connectivity index (χ0) is 35.1. The van der Waals surface area contributed by atoms with Crippen LogP contribution in [0.4, 0.5) is 4.79 Å². The number of allylic oxidation sites excluding steroid dienone is 2. The molecular formula is C35H62N4O8. The first-order valence-electron chi connectivity index (χ1n) is 17.0. The van der Waals surface area contributed by atoms with Crippen LogP contribution in [0.2, 0.25) is 0 Å². The van der Waals surface area contributed by atoms with Gasteiger partial charge in [-0.25, -0.2) is 4.79 Å². The van der Waals surface area contributed by atoms with E-state index in [-0.39, 0.29) is 56.1 Å². The molecule has 2 rings (SSSR count). The number of methoxy groups -OCH3 is 1. The third-order valence-corrected chi connectivity index (χ3v) is 9.14. The van der Waals surface area contributed by atoms with Crippen LogP contribution in [0.1, 0.15) is 80.1 Å². The third kappa shape index (κ3) is 14.1. The minimum Gasteiger partial charge on any atom is -0.494 e. The second-order valence-electron chi connectivity index (χ2n) is 14.3. The molecule has 0 aromatic heterocycles. The molecule has 0 unspecified atom stereocenters. The summed E-state index contributed by atoms with van der Waals surface area (Å²) in [7, 11) is 3.75. The van der Waals surface area contributed by atoms with Gasteiger partial charge >= 0.3 is 6.09 Å². The van der Waals surface area contributed by atoms with Crippen LogP contribution in [-0.4, -0.2) is 106 Å². The van der Waals surface area contributed by atoms with Crippen LogP contribution in [0.3, 0.4) is 0 Å². The molecule has 47 heavy (non-hydrogen) atoms. The number of nitrogens with one attached hydrogen (secondary N) is 1. The van der Waals surface area contributed by atoms with Gasteiger partial charge in [-0.15, -0.1) is 0 Å². The first kappa shape index (κ1) is 40.5. The van der Waals surface area contributed by atoms with E-state index in [0.717, 1.165) is 44.3 Å². The van der Waals surface area contributed by atoms with E-state index in [4.69, 9.17) is 29.4 Å². The molecule has 0 aliphatic carbocycles. The van der Waals surface area contributed by atoms with Crippen molar-refractivity contribution in [3.63, 3.8) is 0 Å². The first-order valence-corrected chi connectivity index (χ1v) is 17.0. The summed E-state index contributed by atoms with van der Waals surface area (Å²) in [6.07, 6.45) is 5.55. The zero-order valence-electron chi connectivity index (χ0n) is 30.2. The van der Waals surface area contributed by atoms with Crippen molar-refractivity contribution in [3.8, 4) is 0 Å². The van der Waals surface area contributed by atoms with Gasteiger partial charge in [-0.2, -0.15) is 0 Å². The average molecular weight is 667 g/mol. The standard InChI is InChI=1S/C35H62N4O8/c1-24(2)29(32(40)37-21-35(6,7)33(36)41)20-31-30(19-26(4)17-25(3)18-27(5)44-16-10-15-43-9)39(22-45-31)34(42)47-23-46-28-11-13-38(8)14-12-28/h18,24,26,28-31H,5,10-17,19-23H2,1-4,6-9H3,(H2,36,41)(H,37,40)/b25-18+/t26-,29-,30-,31-/m0/s1. The summed E-state index contributed by atoms with van der Waals surface area (Å²) < 4.78 is 28.5. The predicted octanol–water partition coefficient (Wildman–Crippen LogP) is 4.44. The van der Waals surface area contributed by atoms with Crippen LogP contribution in [0.15, 0.2) is 24.0 Å². The van der Waals surface area contributed by atoms with E-state index in [9.17, 15) is 14.4 Å². The number of hydrogen-bond donors (Lipinski definition) is 2. The molecule has 3 N–H and O–H groups in total. The van der Waals surface area contributed by atoms with Gasteiger partial charge in [0.1, 0.15) is 12.5 Å². The molecule has 0 spiro atoms. The lowest BCUT2D eigenvalue weighted by Crippen LogP contribution is -2.46. The summed E-state index contributed by atoms with van der Waals surface area (Å²) >= 11 is 0. The van der Waals surface area contributed by atoms with E-state index in [1.165, 1.54) is 0 Å². The second kappa shape index (κ2) is 20.0. The largest absolute Gasteiger partial charge is 0.494 e. The Morgan fingerprint density at radius 3 is 2.40 bits per heavy atom. The smallest absolute Gasteiger partial charge is 0.414 e. The highest BCUT2D eigenvalue weighted by Gasteiger charge is 2.42. The van der Waals surface area contributed by atoms with Crippen molar-refractivity contribution in [2.75, 3.05) is 60.5 Å². The van der Waals surface area contributed by atoms with E-state index in [1.54, 1.807) is 25.9 Å². The van der Waals surface area contributed by atoms with Crippen molar-refractivity contribution < 1.29 is 38.1 Å². The Bertz CT molecular complexity index is 1040. The number of nitrogens with two attached hydrogens (primary N) is 1. The Hall–Kier alpha value is -2.67. The number of carbonyl (C=O) groups is 3. The van der Waals surface area contributed by atoms with Gasteiger partial charge < -0.3 is 39.6 Å². The van der Waals surface area contributed by atoms with Crippen LogP contribution < -0.4 is 11.1 Å². The molecule has 0 radical (unpaired) electrons. The first-order chi connectivity index (χ1) is 22.1. The molecule has 3 amide bonds. The molecule has 2 saturated heterocycles. The molecule has 2 heterocycles. The predicted molar refractivity (Wildman–Crippen MR) is 181 cm³/mol. The Labute approximate surface area is 282 Å². The maximum absolute atomic E-state index is 13.4. The SMILES string of the molecule is C=C(/C=C(\C)C[C@H](C)C[C@H]1[C@H](C[C@H](C(=O)NCC(C)(C)C(N)=O)C(C)C)OCN1C(=O)OCOC1CCN(C)CC1)OCCCOC. The molecule has 0 bridgehead atoms. The van der Waals surface area contributed by atoms with E-state index >= 15 is 0 Å². The van der Waals surface area contributed by atoms with Crippen molar-refractivity contribution in [2.24, 2.45) is 28.9 Å². The summed E-state index contributed by atoms with van der Waals surface area (Å²) in [5.74, 6) is -0.266. The minimum atomic E-state index is -0.874. The van der Waals surface area contributed by atoms with Gasteiger partial charge in [-0.05, 0) is 77.8 Å². The van der Waals surface area contributed by atoms with Crippen LogP contribution >= 0.6 is 0 Å². The molecule has 2 fully saturated rings.